The molecule has 0 spiro atoms. The molecule has 0 atom stereocenters. The largest absolute Gasteiger partial charge is 0.505 e. The summed E-state index contributed by atoms with van der Waals surface area (Å²) in [5.41, 5.74) is 15.4. The molecule has 2 nitrogen and oxygen atoms in total. The maximum Gasteiger partial charge on any atom is 0.147 e. The number of phenols is 1. The molecule has 0 fully saturated rings. The lowest BCUT2D eigenvalue weighted by Crippen LogP contribution is -1.95. The van der Waals surface area contributed by atoms with Gasteiger partial charge in [0, 0.05) is 38.9 Å². The van der Waals surface area contributed by atoms with Crippen molar-refractivity contribution in [3.05, 3.63) is 154 Å². The summed E-state index contributed by atoms with van der Waals surface area (Å²) in [6, 6.07) is 35.6. The average Bonchev–Trinajstić information content (AvgIpc) is 3.36. The quantitative estimate of drug-likeness (QED) is 0.139. The highest BCUT2D eigenvalue weighted by atomic mass is 16.3. The Morgan fingerprint density at radius 1 is 0.487 bits per heavy atom. The summed E-state index contributed by atoms with van der Waals surface area (Å²) in [6.07, 6.45) is 0.638. The van der Waals surface area contributed by atoms with Gasteiger partial charge in [0.25, 0.3) is 0 Å². The summed E-state index contributed by atoms with van der Waals surface area (Å²) in [5, 5.41) is 11.3. The number of phenolic OH excluding ortho intramolecular Hbond substituents is 1. The minimum atomic E-state index is 0.0505. The maximum absolute atomic E-state index is 11.3. The average molecular weight is 498 g/mol. The molecule has 5 aromatic rings. The van der Waals surface area contributed by atoms with Crippen LogP contribution in [0.25, 0.3) is 11.1 Å². The van der Waals surface area contributed by atoms with Crippen LogP contribution in [-0.2, 0) is 6.42 Å². The molecule has 5 aromatic carbocycles. The Balaban J connectivity index is 1.48. The molecule has 182 valence electrons. The highest BCUT2D eigenvalue weighted by Gasteiger charge is 2.27. The van der Waals surface area contributed by atoms with E-state index in [-0.39, 0.29) is 11.4 Å². The Hall–Kier alpha value is -5.62. The molecule has 0 unspecified atom stereocenters. The first-order valence-corrected chi connectivity index (χ1v) is 12.7. The van der Waals surface area contributed by atoms with E-state index in [0.29, 0.717) is 12.0 Å². The molecule has 0 bridgehead atoms. The number of hydrogen-bond donors (Lipinski definition) is 2. The molecule has 0 radical (unpaired) electrons. The zero-order chi connectivity index (χ0) is 26.6. The van der Waals surface area contributed by atoms with E-state index in [1.807, 2.05) is 103 Å². The second-order valence-electron chi connectivity index (χ2n) is 9.30. The van der Waals surface area contributed by atoms with Crippen molar-refractivity contribution in [2.75, 3.05) is 5.73 Å². The van der Waals surface area contributed by atoms with Crippen LogP contribution in [0.4, 0.5) is 5.69 Å². The van der Waals surface area contributed by atoms with Crippen LogP contribution < -0.4 is 5.73 Å². The van der Waals surface area contributed by atoms with Crippen LogP contribution >= 0.6 is 0 Å². The van der Waals surface area contributed by atoms with E-state index in [1.54, 1.807) is 0 Å². The topological polar surface area (TPSA) is 46.2 Å². The predicted molar refractivity (Wildman–Crippen MR) is 158 cm³/mol. The lowest BCUT2D eigenvalue weighted by Gasteiger charge is -2.11. The predicted octanol–water partition coefficient (Wildman–Crippen LogP) is 6.75. The monoisotopic (exact) mass is 497 g/mol. The van der Waals surface area contributed by atoms with Gasteiger partial charge in [0.2, 0.25) is 0 Å². The Kier molecular flexibility index (Phi) is 6.33. The molecule has 6 rings (SSSR count). The summed E-state index contributed by atoms with van der Waals surface area (Å²) in [5.74, 6) is 19.5. The lowest BCUT2D eigenvalue weighted by atomic mass is 9.94. The number of rotatable bonds is 0. The van der Waals surface area contributed by atoms with Gasteiger partial charge < -0.3 is 10.8 Å². The van der Waals surface area contributed by atoms with Crippen LogP contribution in [0.3, 0.4) is 0 Å². The van der Waals surface area contributed by atoms with Crippen molar-refractivity contribution >= 4 is 5.69 Å². The molecule has 0 aliphatic heterocycles. The SMILES string of the molecule is Nc1c(C#Cc2ccccc2)cc2c(c1O)-c1c(C#Cc3ccccc3)cc(C#Cc3ccccc3)cc1C2. The van der Waals surface area contributed by atoms with Crippen LogP contribution in [0.15, 0.2) is 109 Å². The number of anilines is 1. The summed E-state index contributed by atoms with van der Waals surface area (Å²) in [4.78, 5) is 0. The molecule has 2 heteroatoms. The van der Waals surface area contributed by atoms with E-state index >= 15 is 0 Å². The first-order chi connectivity index (χ1) is 19.2. The zero-order valence-corrected chi connectivity index (χ0v) is 21.1. The van der Waals surface area contributed by atoms with Crippen molar-refractivity contribution in [1.82, 2.24) is 0 Å². The minimum Gasteiger partial charge on any atom is -0.505 e. The second-order valence-corrected chi connectivity index (χ2v) is 9.30. The van der Waals surface area contributed by atoms with Gasteiger partial charge in [0.15, 0.2) is 0 Å². The van der Waals surface area contributed by atoms with E-state index in [1.165, 1.54) is 0 Å². The number of fused-ring (bicyclic) bond motifs is 3. The molecule has 0 saturated heterocycles. The number of aromatic hydroxyl groups is 1. The number of nitrogen functional groups attached to an aromatic ring is 1. The van der Waals surface area contributed by atoms with Crippen molar-refractivity contribution in [1.29, 1.82) is 0 Å². The van der Waals surface area contributed by atoms with Gasteiger partial charge in [-0.3, -0.25) is 0 Å². The molecule has 39 heavy (non-hydrogen) atoms. The summed E-state index contributed by atoms with van der Waals surface area (Å²) >= 11 is 0. The van der Waals surface area contributed by atoms with Crippen LogP contribution in [0.2, 0.25) is 0 Å². The summed E-state index contributed by atoms with van der Waals surface area (Å²) in [7, 11) is 0. The van der Waals surface area contributed by atoms with E-state index in [2.05, 4.69) is 41.6 Å². The molecule has 0 saturated carbocycles. The van der Waals surface area contributed by atoms with Gasteiger partial charge in [-0.1, -0.05) is 90.1 Å². The molecule has 1 aliphatic rings. The van der Waals surface area contributed by atoms with Crippen LogP contribution in [-0.4, -0.2) is 5.11 Å². The van der Waals surface area contributed by atoms with E-state index in [4.69, 9.17) is 5.73 Å². The van der Waals surface area contributed by atoms with Crippen molar-refractivity contribution in [3.63, 3.8) is 0 Å². The van der Waals surface area contributed by atoms with Crippen molar-refractivity contribution in [3.8, 4) is 52.4 Å². The molecule has 0 aromatic heterocycles. The normalized spacial score (nSPS) is 10.6. The first-order valence-electron chi connectivity index (χ1n) is 12.7. The van der Waals surface area contributed by atoms with E-state index in [9.17, 15) is 5.11 Å². The number of benzene rings is 5. The fraction of sp³-hybridized carbons (Fsp3) is 0.0270. The van der Waals surface area contributed by atoms with E-state index < -0.39 is 0 Å². The van der Waals surface area contributed by atoms with Crippen molar-refractivity contribution < 1.29 is 5.11 Å². The molecule has 1 aliphatic carbocycles. The Morgan fingerprint density at radius 2 is 0.949 bits per heavy atom. The third kappa shape index (κ3) is 4.99. The zero-order valence-electron chi connectivity index (χ0n) is 21.1. The smallest absolute Gasteiger partial charge is 0.147 e. The lowest BCUT2D eigenvalue weighted by molar-refractivity contribution is 0.479. The Morgan fingerprint density at radius 3 is 1.51 bits per heavy atom. The van der Waals surface area contributed by atoms with Gasteiger partial charge in [-0.25, -0.2) is 0 Å². The van der Waals surface area contributed by atoms with Gasteiger partial charge in [-0.05, 0) is 72.1 Å². The van der Waals surface area contributed by atoms with Crippen LogP contribution in [0.1, 0.15) is 44.5 Å². The first kappa shape index (κ1) is 23.8. The van der Waals surface area contributed by atoms with Crippen molar-refractivity contribution in [2.45, 2.75) is 6.42 Å². The Bertz CT molecular complexity index is 1890. The molecule has 3 N–H and O–H groups in total. The van der Waals surface area contributed by atoms with Crippen LogP contribution in [0, 0.1) is 35.5 Å². The van der Waals surface area contributed by atoms with Gasteiger partial charge >= 0.3 is 0 Å². The highest BCUT2D eigenvalue weighted by molar-refractivity contribution is 5.91. The van der Waals surface area contributed by atoms with Crippen molar-refractivity contribution in [2.24, 2.45) is 0 Å². The maximum atomic E-state index is 11.3. The second kappa shape index (κ2) is 10.4. The van der Waals surface area contributed by atoms with E-state index in [0.717, 1.165) is 50.1 Å². The third-order valence-electron chi connectivity index (χ3n) is 6.63. The molecular formula is C37H23NO. The summed E-state index contributed by atoms with van der Waals surface area (Å²) in [6.45, 7) is 0. The summed E-state index contributed by atoms with van der Waals surface area (Å²) < 4.78 is 0. The minimum absolute atomic E-state index is 0.0505. The third-order valence-corrected chi connectivity index (χ3v) is 6.63. The van der Waals surface area contributed by atoms with Gasteiger partial charge in [0.05, 0.1) is 11.3 Å². The van der Waals surface area contributed by atoms with Gasteiger partial charge in [-0.15, -0.1) is 0 Å². The number of hydrogen-bond acceptors (Lipinski definition) is 2. The molecule has 0 amide bonds. The fourth-order valence-corrected chi connectivity index (χ4v) is 4.76. The standard InChI is InChI=1S/C37H23NO/c38-36-31(21-19-28-14-8-3-9-15-28)24-33-25-32-23-29(17-16-26-10-4-1-5-11-26)22-30(34(32)35(33)37(36)39)20-18-27-12-6-2-7-13-27/h1-15,22-24,39H,25,38H2. The van der Waals surface area contributed by atoms with Gasteiger partial charge in [0.1, 0.15) is 5.75 Å². The molecular weight excluding hydrogens is 474 g/mol. The van der Waals surface area contributed by atoms with Crippen LogP contribution in [0.5, 0.6) is 5.75 Å². The van der Waals surface area contributed by atoms with Gasteiger partial charge in [-0.2, -0.15) is 0 Å². The number of nitrogens with two attached hydrogens (primary N) is 1. The molecule has 0 heterocycles. The Labute approximate surface area is 228 Å². The highest BCUT2D eigenvalue weighted by Crippen LogP contribution is 2.47. The fourth-order valence-electron chi connectivity index (χ4n) is 4.76.